The number of fused-ring (bicyclic) bond motifs is 1. The van der Waals surface area contributed by atoms with Crippen LogP contribution in [0.2, 0.25) is 0 Å². The molecule has 0 radical (unpaired) electrons. The maximum absolute atomic E-state index is 14.7. The summed E-state index contributed by atoms with van der Waals surface area (Å²) in [7, 11) is 0.207. The number of rotatable bonds is 14. The van der Waals surface area contributed by atoms with Crippen LogP contribution in [-0.4, -0.2) is 115 Å². The Morgan fingerprint density at radius 1 is 1.17 bits per heavy atom. The van der Waals surface area contributed by atoms with Gasteiger partial charge in [-0.05, 0) is 63.9 Å². The number of hydrogen-bond acceptors (Lipinski definition) is 9. The first kappa shape index (κ1) is 36.2. The summed E-state index contributed by atoms with van der Waals surface area (Å²) < 4.78 is 56.9. The SMILES string of the molecule is CNCC(C)(C=[NH2+])c1cc2c(cc1C(F)F)N(C(NC)C1=C(NC3CCN(CCOS(C)(=O)=O)CC3)CCN(C(C)=O)C1)CCC2. The standard InChI is InChI=1S/C32H51F2N7O4S/c1-22(42)40-14-10-28(38-24-8-12-39(13-9-24)15-16-45-46(5,43)44)26(19-40)31(37-4)41-11-6-7-23-17-27(32(2,20-35)21-36-3)25(30(33)34)18-29(23)41/h17-18,20,24,30-31,35-38H,6-16,19,21H2,1-5H3/p+1. The van der Waals surface area contributed by atoms with Crippen LogP contribution >= 0.6 is 0 Å². The fourth-order valence-electron chi connectivity index (χ4n) is 7.09. The van der Waals surface area contributed by atoms with Crippen molar-refractivity contribution < 1.29 is 31.6 Å². The van der Waals surface area contributed by atoms with Gasteiger partial charge >= 0.3 is 0 Å². The maximum Gasteiger partial charge on any atom is 0.264 e. The molecule has 258 valence electrons. The Labute approximate surface area is 272 Å². The van der Waals surface area contributed by atoms with Gasteiger partial charge in [0.15, 0.2) is 0 Å². The molecule has 0 spiro atoms. The van der Waals surface area contributed by atoms with E-state index >= 15 is 0 Å². The molecular formula is C32H52F2N7O4S+. The highest BCUT2D eigenvalue weighted by atomic mass is 32.2. The number of likely N-dealkylation sites (N-methyl/N-ethyl adjacent to an activating group) is 2. The molecule has 0 aliphatic carbocycles. The smallest absolute Gasteiger partial charge is 0.264 e. The first-order chi connectivity index (χ1) is 21.8. The van der Waals surface area contributed by atoms with E-state index in [9.17, 15) is 22.0 Å². The maximum atomic E-state index is 14.7. The minimum atomic E-state index is -3.46. The van der Waals surface area contributed by atoms with Crippen molar-refractivity contribution in [3.63, 3.8) is 0 Å². The van der Waals surface area contributed by atoms with E-state index in [0.717, 1.165) is 67.5 Å². The number of amides is 1. The molecule has 1 aromatic rings. The van der Waals surface area contributed by atoms with E-state index < -0.39 is 22.0 Å². The molecular weight excluding hydrogens is 616 g/mol. The highest BCUT2D eigenvalue weighted by Gasteiger charge is 2.37. The number of nitrogens with zero attached hydrogens (tertiary/aromatic N) is 3. The number of likely N-dealkylation sites (tertiary alicyclic amines) is 1. The number of hydrogen-bond donors (Lipinski definition) is 4. The Balaban J connectivity index is 1.63. The van der Waals surface area contributed by atoms with Gasteiger partial charge in [0.1, 0.15) is 12.4 Å². The number of piperidine rings is 1. The molecule has 0 aromatic heterocycles. The fraction of sp³-hybridized carbons (Fsp3) is 0.688. The van der Waals surface area contributed by atoms with Gasteiger partial charge in [0.05, 0.1) is 18.3 Å². The van der Waals surface area contributed by atoms with Crippen molar-refractivity contribution in [3.05, 3.63) is 40.1 Å². The Morgan fingerprint density at radius 2 is 1.89 bits per heavy atom. The van der Waals surface area contributed by atoms with Crippen LogP contribution in [0.25, 0.3) is 0 Å². The molecule has 1 saturated heterocycles. The van der Waals surface area contributed by atoms with E-state index in [0.29, 0.717) is 44.7 Å². The normalized spacial score (nSPS) is 20.4. The topological polar surface area (TPSA) is 132 Å². The fourth-order valence-corrected chi connectivity index (χ4v) is 7.46. The molecule has 3 aliphatic rings. The van der Waals surface area contributed by atoms with Gasteiger partial charge in [-0.3, -0.25) is 19.7 Å². The number of aryl methyl sites for hydroxylation is 1. The molecule has 3 heterocycles. The monoisotopic (exact) mass is 668 g/mol. The molecule has 1 aromatic carbocycles. The van der Waals surface area contributed by atoms with Crippen molar-refractivity contribution in [1.82, 2.24) is 25.8 Å². The summed E-state index contributed by atoms with van der Waals surface area (Å²) in [5, 5.41) is 16.4. The minimum Gasteiger partial charge on any atom is -0.385 e. The number of carbonyl (C=O) groups excluding carboxylic acids is 1. The van der Waals surface area contributed by atoms with Crippen LogP contribution < -0.4 is 26.3 Å². The van der Waals surface area contributed by atoms with Crippen LogP contribution in [0.3, 0.4) is 0 Å². The molecule has 0 saturated carbocycles. The molecule has 1 fully saturated rings. The lowest BCUT2D eigenvalue weighted by atomic mass is 9.78. The first-order valence-corrected chi connectivity index (χ1v) is 18.0. The van der Waals surface area contributed by atoms with E-state index in [1.165, 1.54) is 6.21 Å². The third-order valence-corrected chi connectivity index (χ3v) is 10.2. The van der Waals surface area contributed by atoms with E-state index in [1.54, 1.807) is 20.0 Å². The number of nitrogens with one attached hydrogen (secondary N) is 3. The van der Waals surface area contributed by atoms with Gasteiger partial charge < -0.3 is 25.3 Å². The Kier molecular flexibility index (Phi) is 12.2. The third-order valence-electron chi connectivity index (χ3n) is 9.58. The highest BCUT2D eigenvalue weighted by molar-refractivity contribution is 7.85. The zero-order valence-electron chi connectivity index (χ0n) is 27.9. The predicted octanol–water partition coefficient (Wildman–Crippen LogP) is 0.766. The molecule has 1 amide bonds. The molecule has 0 bridgehead atoms. The summed E-state index contributed by atoms with van der Waals surface area (Å²) in [5.41, 5.74) is 3.68. The molecule has 11 nitrogen and oxygen atoms in total. The number of nitrogens with two attached hydrogens (primary N) is 1. The van der Waals surface area contributed by atoms with Gasteiger partial charge in [0.25, 0.3) is 16.5 Å². The summed E-state index contributed by atoms with van der Waals surface area (Å²) in [6, 6.07) is 3.79. The first-order valence-electron chi connectivity index (χ1n) is 16.2. The van der Waals surface area contributed by atoms with Crippen molar-refractivity contribution in [2.75, 3.05) is 77.7 Å². The zero-order valence-corrected chi connectivity index (χ0v) is 28.7. The highest BCUT2D eigenvalue weighted by Crippen LogP contribution is 2.40. The zero-order chi connectivity index (χ0) is 33.6. The van der Waals surface area contributed by atoms with Gasteiger partial charge in [-0.2, -0.15) is 8.42 Å². The number of carbonyl (C=O) groups is 1. The van der Waals surface area contributed by atoms with Crippen LogP contribution in [0.5, 0.6) is 0 Å². The molecule has 46 heavy (non-hydrogen) atoms. The van der Waals surface area contributed by atoms with Crippen LogP contribution in [0.1, 0.15) is 62.6 Å². The molecule has 3 aliphatic heterocycles. The summed E-state index contributed by atoms with van der Waals surface area (Å²) in [4.78, 5) is 18.8. The lowest BCUT2D eigenvalue weighted by molar-refractivity contribution is -0.128. The average Bonchev–Trinajstić information content (AvgIpc) is 3.01. The Hall–Kier alpha value is -2.65. The number of benzene rings is 1. The second-order valence-corrected chi connectivity index (χ2v) is 14.6. The van der Waals surface area contributed by atoms with E-state index in [-0.39, 0.29) is 30.3 Å². The molecule has 14 heteroatoms. The van der Waals surface area contributed by atoms with Crippen molar-refractivity contribution >= 4 is 27.9 Å². The summed E-state index contributed by atoms with van der Waals surface area (Å²) >= 11 is 0. The number of alkyl halides is 2. The predicted molar refractivity (Wildman–Crippen MR) is 176 cm³/mol. The lowest BCUT2D eigenvalue weighted by Crippen LogP contribution is -2.54. The van der Waals surface area contributed by atoms with Gasteiger partial charge in [-0.1, -0.05) is 6.07 Å². The molecule has 2 unspecified atom stereocenters. The van der Waals surface area contributed by atoms with Crippen molar-refractivity contribution in [3.8, 4) is 0 Å². The van der Waals surface area contributed by atoms with Crippen molar-refractivity contribution in [2.24, 2.45) is 0 Å². The van der Waals surface area contributed by atoms with Crippen molar-refractivity contribution in [1.29, 1.82) is 0 Å². The largest absolute Gasteiger partial charge is 0.385 e. The quantitative estimate of drug-likeness (QED) is 0.168. The summed E-state index contributed by atoms with van der Waals surface area (Å²) in [6.45, 7) is 7.94. The molecule has 4 rings (SSSR count). The van der Waals surface area contributed by atoms with Crippen LogP contribution in [0, 0.1) is 0 Å². The second kappa shape index (κ2) is 15.5. The van der Waals surface area contributed by atoms with Gasteiger partial charge in [0, 0.05) is 87.7 Å². The van der Waals surface area contributed by atoms with Crippen molar-refractivity contribution in [2.45, 2.75) is 70.0 Å². The Bertz CT molecular complexity index is 1380. The Morgan fingerprint density at radius 3 is 2.48 bits per heavy atom. The molecule has 5 N–H and O–H groups in total. The van der Waals surface area contributed by atoms with Gasteiger partial charge in [-0.15, -0.1) is 0 Å². The van der Waals surface area contributed by atoms with Crippen LogP contribution in [-0.2, 0) is 30.9 Å². The van der Waals surface area contributed by atoms with E-state index in [1.807, 2.05) is 24.9 Å². The lowest BCUT2D eigenvalue weighted by Gasteiger charge is -2.44. The number of halogens is 2. The van der Waals surface area contributed by atoms with Gasteiger partial charge in [-0.25, -0.2) is 8.78 Å². The summed E-state index contributed by atoms with van der Waals surface area (Å²) in [5.74, 6) is 0.00144. The van der Waals surface area contributed by atoms with Gasteiger partial charge in [0.2, 0.25) is 5.91 Å². The average molecular weight is 669 g/mol. The van der Waals surface area contributed by atoms with E-state index in [4.69, 9.17) is 9.59 Å². The van der Waals surface area contributed by atoms with E-state index in [2.05, 4.69) is 25.8 Å². The van der Waals surface area contributed by atoms with Crippen LogP contribution in [0.15, 0.2) is 23.4 Å². The second-order valence-electron chi connectivity index (χ2n) is 13.0. The minimum absolute atomic E-state index is 0.00144. The van der Waals surface area contributed by atoms with Crippen LogP contribution in [0.4, 0.5) is 14.5 Å². The summed E-state index contributed by atoms with van der Waals surface area (Å²) in [6.07, 6.45) is 3.66. The number of anilines is 1. The third kappa shape index (κ3) is 8.62. The molecule has 2 atom stereocenters.